The summed E-state index contributed by atoms with van der Waals surface area (Å²) in [6.07, 6.45) is 0. The molecular formula is C19H17ClN2OS. The molecule has 2 N–H and O–H groups in total. The molecule has 0 fully saturated rings. The normalized spacial score (nSPS) is 11.5. The van der Waals surface area contributed by atoms with Crippen molar-refractivity contribution >= 4 is 40.0 Å². The Morgan fingerprint density at radius 3 is 2.50 bits per heavy atom. The van der Waals surface area contributed by atoms with Crippen molar-refractivity contribution in [2.75, 3.05) is 5.32 Å². The molecule has 0 aliphatic carbocycles. The molecule has 1 heterocycles. The molecule has 0 amide bonds. The Hall–Kier alpha value is -2.30. The lowest BCUT2D eigenvalue weighted by Crippen LogP contribution is -2.04. The van der Waals surface area contributed by atoms with E-state index in [1.165, 1.54) is 11.3 Å². The van der Waals surface area contributed by atoms with Crippen LogP contribution in [0.1, 0.15) is 21.6 Å². The Kier molecular flexibility index (Phi) is 4.88. The maximum Gasteiger partial charge on any atom is 0.128 e. The average Bonchev–Trinajstić information content (AvgIpc) is 2.98. The highest BCUT2D eigenvalue weighted by atomic mass is 35.5. The first-order valence-electron chi connectivity index (χ1n) is 7.49. The van der Waals surface area contributed by atoms with Crippen LogP contribution in [0.4, 0.5) is 11.4 Å². The third kappa shape index (κ3) is 3.30. The van der Waals surface area contributed by atoms with Crippen molar-refractivity contribution in [1.82, 2.24) is 0 Å². The third-order valence-corrected chi connectivity index (χ3v) is 5.16. The highest BCUT2D eigenvalue weighted by Crippen LogP contribution is 2.29. The number of rotatable bonds is 4. The molecule has 0 radical (unpaired) electrons. The van der Waals surface area contributed by atoms with E-state index in [-0.39, 0.29) is 0 Å². The first-order chi connectivity index (χ1) is 11.6. The Balaban J connectivity index is 1.93. The van der Waals surface area contributed by atoms with Gasteiger partial charge in [-0.3, -0.25) is 0 Å². The fourth-order valence-corrected chi connectivity index (χ4v) is 3.69. The van der Waals surface area contributed by atoms with Gasteiger partial charge in [0.2, 0.25) is 0 Å². The van der Waals surface area contributed by atoms with Gasteiger partial charge in [0.05, 0.1) is 9.90 Å². The molecule has 3 aromatic rings. The van der Waals surface area contributed by atoms with Gasteiger partial charge in [-0.25, -0.2) is 0 Å². The number of oxime groups is 1. The monoisotopic (exact) mass is 356 g/mol. The van der Waals surface area contributed by atoms with Crippen molar-refractivity contribution in [2.45, 2.75) is 13.8 Å². The maximum atomic E-state index is 9.46. The minimum Gasteiger partial charge on any atom is -0.410 e. The number of hydrogen-bond donors (Lipinski definition) is 2. The Morgan fingerprint density at radius 2 is 1.88 bits per heavy atom. The van der Waals surface area contributed by atoms with Gasteiger partial charge in [0.25, 0.3) is 0 Å². The standard InChI is InChI=1S/C19H17ClN2OS/c1-12-5-3-4-6-17(12)21-14-7-8-15(16(20)11-14)18(22-23)19-13(2)9-10-24-19/h3-11,21,23H,1-2H3/b22-18-. The predicted molar refractivity (Wildman–Crippen MR) is 102 cm³/mol. The SMILES string of the molecule is Cc1ccccc1Nc1ccc(/C(=N/O)c2sccc2C)c(Cl)c1. The summed E-state index contributed by atoms with van der Waals surface area (Å²) in [5.74, 6) is 0. The van der Waals surface area contributed by atoms with Crippen molar-refractivity contribution in [1.29, 1.82) is 0 Å². The molecule has 0 aliphatic heterocycles. The van der Waals surface area contributed by atoms with E-state index < -0.39 is 0 Å². The fraction of sp³-hybridized carbons (Fsp3) is 0.105. The quantitative estimate of drug-likeness (QED) is 0.342. The molecule has 3 nitrogen and oxygen atoms in total. The summed E-state index contributed by atoms with van der Waals surface area (Å²) in [6, 6.07) is 15.7. The van der Waals surface area contributed by atoms with E-state index in [2.05, 4.69) is 23.5 Å². The molecule has 0 saturated heterocycles. The summed E-state index contributed by atoms with van der Waals surface area (Å²) in [5.41, 5.74) is 5.34. The average molecular weight is 357 g/mol. The zero-order valence-electron chi connectivity index (χ0n) is 13.4. The van der Waals surface area contributed by atoms with Gasteiger partial charge in [-0.15, -0.1) is 11.3 Å². The summed E-state index contributed by atoms with van der Waals surface area (Å²) < 4.78 is 0. The van der Waals surface area contributed by atoms with E-state index in [1.54, 1.807) is 0 Å². The van der Waals surface area contributed by atoms with Crippen LogP contribution in [0.5, 0.6) is 0 Å². The number of thiophene rings is 1. The van der Waals surface area contributed by atoms with Gasteiger partial charge in [0.15, 0.2) is 0 Å². The Morgan fingerprint density at radius 1 is 1.08 bits per heavy atom. The molecule has 0 aliphatic rings. The number of nitrogens with one attached hydrogen (secondary N) is 1. The lowest BCUT2D eigenvalue weighted by Gasteiger charge is -2.12. The number of hydrogen-bond acceptors (Lipinski definition) is 4. The van der Waals surface area contributed by atoms with Gasteiger partial charge < -0.3 is 10.5 Å². The van der Waals surface area contributed by atoms with Crippen LogP contribution in [0.2, 0.25) is 5.02 Å². The highest BCUT2D eigenvalue weighted by molar-refractivity contribution is 7.12. The van der Waals surface area contributed by atoms with Crippen LogP contribution >= 0.6 is 22.9 Å². The molecule has 2 aromatic carbocycles. The van der Waals surface area contributed by atoms with E-state index in [4.69, 9.17) is 11.6 Å². The first-order valence-corrected chi connectivity index (χ1v) is 8.75. The third-order valence-electron chi connectivity index (χ3n) is 3.83. The molecular weight excluding hydrogens is 340 g/mol. The first kappa shape index (κ1) is 16.6. The summed E-state index contributed by atoms with van der Waals surface area (Å²) in [7, 11) is 0. The lowest BCUT2D eigenvalue weighted by atomic mass is 10.1. The van der Waals surface area contributed by atoms with Crippen LogP contribution in [-0.2, 0) is 0 Å². The van der Waals surface area contributed by atoms with Gasteiger partial charge in [-0.1, -0.05) is 35.0 Å². The van der Waals surface area contributed by atoms with E-state index >= 15 is 0 Å². The van der Waals surface area contributed by atoms with Crippen LogP contribution in [0.3, 0.4) is 0 Å². The Labute approximate surface area is 150 Å². The van der Waals surface area contributed by atoms with E-state index in [9.17, 15) is 5.21 Å². The molecule has 1 aromatic heterocycles. The van der Waals surface area contributed by atoms with Crippen LogP contribution in [0, 0.1) is 13.8 Å². The molecule has 0 spiro atoms. The zero-order valence-corrected chi connectivity index (χ0v) is 14.9. The van der Waals surface area contributed by atoms with E-state index in [0.717, 1.165) is 27.4 Å². The summed E-state index contributed by atoms with van der Waals surface area (Å²) >= 11 is 7.98. The van der Waals surface area contributed by atoms with Gasteiger partial charge in [-0.2, -0.15) is 0 Å². The smallest absolute Gasteiger partial charge is 0.128 e. The molecule has 122 valence electrons. The Bertz CT molecular complexity index is 902. The lowest BCUT2D eigenvalue weighted by molar-refractivity contribution is 0.319. The van der Waals surface area contributed by atoms with Crippen LogP contribution in [0.15, 0.2) is 59.1 Å². The molecule has 0 atom stereocenters. The molecule has 5 heteroatoms. The largest absolute Gasteiger partial charge is 0.410 e. The topological polar surface area (TPSA) is 44.6 Å². The van der Waals surface area contributed by atoms with Crippen molar-refractivity contribution in [3.8, 4) is 0 Å². The summed E-state index contributed by atoms with van der Waals surface area (Å²) in [6.45, 7) is 4.04. The summed E-state index contributed by atoms with van der Waals surface area (Å²) in [5, 5.41) is 18.8. The number of para-hydroxylation sites is 1. The van der Waals surface area contributed by atoms with Gasteiger partial charge in [-0.05, 0) is 60.7 Å². The molecule has 24 heavy (non-hydrogen) atoms. The van der Waals surface area contributed by atoms with E-state index in [0.29, 0.717) is 16.3 Å². The number of halogens is 1. The molecule has 0 bridgehead atoms. The predicted octanol–water partition coefficient (Wildman–Crippen LogP) is 5.99. The zero-order chi connectivity index (χ0) is 17.1. The van der Waals surface area contributed by atoms with Gasteiger partial charge >= 0.3 is 0 Å². The van der Waals surface area contributed by atoms with E-state index in [1.807, 2.05) is 54.8 Å². The number of nitrogens with zero attached hydrogens (tertiary/aromatic N) is 1. The minimum atomic E-state index is 0.495. The van der Waals surface area contributed by atoms with Crippen molar-refractivity contribution in [2.24, 2.45) is 5.16 Å². The second-order valence-electron chi connectivity index (χ2n) is 5.52. The minimum absolute atomic E-state index is 0.495. The highest BCUT2D eigenvalue weighted by Gasteiger charge is 2.15. The van der Waals surface area contributed by atoms with Crippen LogP contribution < -0.4 is 5.32 Å². The molecule has 0 saturated carbocycles. The van der Waals surface area contributed by atoms with Crippen LogP contribution in [-0.4, -0.2) is 10.9 Å². The van der Waals surface area contributed by atoms with Crippen molar-refractivity contribution < 1.29 is 5.21 Å². The summed E-state index contributed by atoms with van der Waals surface area (Å²) in [4.78, 5) is 0.916. The second kappa shape index (κ2) is 7.07. The number of anilines is 2. The number of aryl methyl sites for hydroxylation is 2. The molecule has 3 rings (SSSR count). The number of benzene rings is 2. The van der Waals surface area contributed by atoms with Gasteiger partial charge in [0, 0.05) is 16.9 Å². The van der Waals surface area contributed by atoms with Crippen LogP contribution in [0.25, 0.3) is 0 Å². The van der Waals surface area contributed by atoms with Crippen molar-refractivity contribution in [3.63, 3.8) is 0 Å². The maximum absolute atomic E-state index is 9.46. The second-order valence-corrected chi connectivity index (χ2v) is 6.84. The van der Waals surface area contributed by atoms with Gasteiger partial charge in [0.1, 0.15) is 5.71 Å². The fourth-order valence-electron chi connectivity index (χ4n) is 2.49. The van der Waals surface area contributed by atoms with Crippen molar-refractivity contribution in [3.05, 3.63) is 80.5 Å². The molecule has 0 unspecified atom stereocenters.